The molecule has 0 unspecified atom stereocenters. The SMILES string of the molecule is N#Cc1cc(C(F)(F)F)ccc1CSC1=NC2(CC2)c2cc(N(N)/C=C\N)nnc2S1. The summed E-state index contributed by atoms with van der Waals surface area (Å²) < 4.78 is 39.4. The number of rotatable bonds is 4. The number of hydrogen-bond donors (Lipinski definition) is 2. The van der Waals surface area contributed by atoms with Crippen molar-refractivity contribution >= 4 is 33.7 Å². The van der Waals surface area contributed by atoms with E-state index in [0.717, 1.165) is 39.9 Å². The monoisotopic (exact) mass is 463 g/mol. The lowest BCUT2D eigenvalue weighted by Gasteiger charge is -2.23. The van der Waals surface area contributed by atoms with Crippen LogP contribution in [0.25, 0.3) is 0 Å². The van der Waals surface area contributed by atoms with Crippen molar-refractivity contribution in [3.05, 3.63) is 58.9 Å². The molecule has 2 heterocycles. The van der Waals surface area contributed by atoms with Crippen LogP contribution in [0, 0.1) is 11.3 Å². The molecule has 31 heavy (non-hydrogen) atoms. The normalized spacial score (nSPS) is 16.7. The number of nitriles is 1. The zero-order valence-electron chi connectivity index (χ0n) is 15.9. The van der Waals surface area contributed by atoms with Gasteiger partial charge < -0.3 is 5.73 Å². The molecule has 12 heteroatoms. The molecular weight excluding hydrogens is 447 g/mol. The third-order valence-electron chi connectivity index (χ3n) is 4.88. The Labute approximate surface area is 184 Å². The minimum Gasteiger partial charge on any atom is -0.403 e. The highest BCUT2D eigenvalue weighted by molar-refractivity contribution is 8.38. The summed E-state index contributed by atoms with van der Waals surface area (Å²) in [6.45, 7) is 0. The number of hydrogen-bond acceptors (Lipinski definition) is 9. The van der Waals surface area contributed by atoms with Crippen molar-refractivity contribution in [3.8, 4) is 6.07 Å². The second kappa shape index (κ2) is 8.07. The zero-order chi connectivity index (χ0) is 22.2. The molecule has 0 bridgehead atoms. The first-order valence-electron chi connectivity index (χ1n) is 9.07. The molecule has 1 saturated carbocycles. The highest BCUT2D eigenvalue weighted by Gasteiger charge is 2.49. The lowest BCUT2D eigenvalue weighted by atomic mass is 10.1. The Hall–Kier alpha value is -2.75. The molecule has 1 aromatic heterocycles. The van der Waals surface area contributed by atoms with Crippen LogP contribution in [-0.4, -0.2) is 14.6 Å². The quantitative estimate of drug-likeness (QED) is 0.519. The van der Waals surface area contributed by atoms with Crippen molar-refractivity contribution in [1.82, 2.24) is 10.2 Å². The van der Waals surface area contributed by atoms with E-state index in [1.807, 2.05) is 12.1 Å². The number of aliphatic imine (C=N–C) groups is 1. The van der Waals surface area contributed by atoms with Gasteiger partial charge in [0.05, 0.1) is 22.7 Å². The maximum Gasteiger partial charge on any atom is 0.416 e. The summed E-state index contributed by atoms with van der Waals surface area (Å²) in [5.41, 5.74) is 5.62. The van der Waals surface area contributed by atoms with E-state index in [4.69, 9.17) is 16.6 Å². The molecule has 0 saturated heterocycles. The van der Waals surface area contributed by atoms with Gasteiger partial charge in [-0.25, -0.2) is 5.84 Å². The largest absolute Gasteiger partial charge is 0.416 e. The van der Waals surface area contributed by atoms with Crippen LogP contribution >= 0.6 is 23.5 Å². The van der Waals surface area contributed by atoms with Gasteiger partial charge >= 0.3 is 6.18 Å². The second-order valence-corrected chi connectivity index (χ2v) is 9.15. The number of fused-ring (bicyclic) bond motifs is 2. The number of nitrogens with zero attached hydrogens (tertiary/aromatic N) is 5. The molecular formula is C19H16F3N7S2. The third-order valence-corrected chi connectivity index (χ3v) is 7.04. The molecule has 1 aromatic carbocycles. The van der Waals surface area contributed by atoms with Crippen LogP contribution in [0.1, 0.15) is 35.1 Å². The molecule has 0 amide bonds. The second-order valence-electron chi connectivity index (χ2n) is 6.95. The van der Waals surface area contributed by atoms with E-state index in [2.05, 4.69) is 10.2 Å². The fourth-order valence-corrected chi connectivity index (χ4v) is 5.34. The van der Waals surface area contributed by atoms with Crippen LogP contribution in [0.5, 0.6) is 0 Å². The Morgan fingerprint density at radius 2 is 2.06 bits per heavy atom. The summed E-state index contributed by atoms with van der Waals surface area (Å²) in [6, 6.07) is 6.91. The maximum atomic E-state index is 12.9. The summed E-state index contributed by atoms with van der Waals surface area (Å²) in [5, 5.41) is 19.7. The van der Waals surface area contributed by atoms with Gasteiger partial charge in [-0.15, -0.1) is 10.2 Å². The maximum absolute atomic E-state index is 12.9. The van der Waals surface area contributed by atoms with Crippen LogP contribution in [-0.2, 0) is 17.5 Å². The van der Waals surface area contributed by atoms with Gasteiger partial charge in [-0.05, 0) is 48.4 Å². The molecule has 7 nitrogen and oxygen atoms in total. The first-order valence-corrected chi connectivity index (χ1v) is 10.9. The highest BCUT2D eigenvalue weighted by atomic mass is 32.2. The molecule has 4 N–H and O–H groups in total. The standard InChI is InChI=1S/C19H16F3N7S2/c20-19(21,22)13-2-1-11(12(7-13)9-24)10-30-17-26-18(3-4-18)14-8-15(29(25)6-5-23)27-28-16(14)31-17/h1-2,5-8H,3-4,10,23,25H2/b6-5-. The molecule has 160 valence electrons. The van der Waals surface area contributed by atoms with Gasteiger partial charge in [-0.1, -0.05) is 17.8 Å². The van der Waals surface area contributed by atoms with Crippen LogP contribution < -0.4 is 16.6 Å². The van der Waals surface area contributed by atoms with E-state index < -0.39 is 11.7 Å². The highest BCUT2D eigenvalue weighted by Crippen LogP contribution is 2.56. The van der Waals surface area contributed by atoms with E-state index >= 15 is 0 Å². The molecule has 2 aromatic rings. The van der Waals surface area contributed by atoms with Gasteiger partial charge in [-0.2, -0.15) is 18.4 Å². The Kier molecular flexibility index (Phi) is 5.59. The Bertz CT molecular complexity index is 1120. The number of alkyl halides is 3. The van der Waals surface area contributed by atoms with Crippen molar-refractivity contribution in [3.63, 3.8) is 0 Å². The number of benzene rings is 1. The molecule has 1 aliphatic carbocycles. The smallest absolute Gasteiger partial charge is 0.403 e. The summed E-state index contributed by atoms with van der Waals surface area (Å²) in [4.78, 5) is 4.85. The lowest BCUT2D eigenvalue weighted by Crippen LogP contribution is -2.27. The average Bonchev–Trinajstić information content (AvgIpc) is 3.51. The van der Waals surface area contributed by atoms with E-state index in [9.17, 15) is 18.4 Å². The number of hydrazine groups is 1. The van der Waals surface area contributed by atoms with Crippen molar-refractivity contribution < 1.29 is 13.2 Å². The Morgan fingerprint density at radius 1 is 1.29 bits per heavy atom. The van der Waals surface area contributed by atoms with Gasteiger partial charge in [0.2, 0.25) is 0 Å². The molecule has 0 atom stereocenters. The minimum absolute atomic E-state index is 0.00528. The number of thioether (sulfide) groups is 2. The van der Waals surface area contributed by atoms with E-state index in [-0.39, 0.29) is 11.1 Å². The van der Waals surface area contributed by atoms with Crippen molar-refractivity contribution in [2.24, 2.45) is 16.6 Å². The van der Waals surface area contributed by atoms with Crippen molar-refractivity contribution in [2.45, 2.75) is 35.3 Å². The van der Waals surface area contributed by atoms with Gasteiger partial charge in [-0.3, -0.25) is 10.0 Å². The van der Waals surface area contributed by atoms with Crippen LogP contribution in [0.2, 0.25) is 0 Å². The Balaban J connectivity index is 1.53. The number of anilines is 1. The summed E-state index contributed by atoms with van der Waals surface area (Å²) in [6.07, 6.45) is -0.00742. The van der Waals surface area contributed by atoms with Gasteiger partial charge in [0.25, 0.3) is 0 Å². The van der Waals surface area contributed by atoms with Crippen LogP contribution in [0.3, 0.4) is 0 Å². The van der Waals surface area contributed by atoms with Crippen LogP contribution in [0.15, 0.2) is 46.7 Å². The van der Waals surface area contributed by atoms with Crippen molar-refractivity contribution in [1.29, 1.82) is 5.26 Å². The first kappa shape index (κ1) is 21.5. The van der Waals surface area contributed by atoms with Gasteiger partial charge in [0.15, 0.2) is 5.82 Å². The minimum atomic E-state index is -4.49. The molecule has 0 radical (unpaired) electrons. The summed E-state index contributed by atoms with van der Waals surface area (Å²) in [7, 11) is 0. The number of halogens is 3. The molecule has 4 rings (SSSR count). The average molecular weight is 464 g/mol. The number of nitrogens with two attached hydrogens (primary N) is 2. The van der Waals surface area contributed by atoms with Gasteiger partial charge in [0, 0.05) is 23.7 Å². The lowest BCUT2D eigenvalue weighted by molar-refractivity contribution is -0.137. The summed E-state index contributed by atoms with van der Waals surface area (Å²) in [5.74, 6) is 6.64. The van der Waals surface area contributed by atoms with Gasteiger partial charge in [0.1, 0.15) is 9.40 Å². The van der Waals surface area contributed by atoms with Crippen molar-refractivity contribution in [2.75, 3.05) is 5.01 Å². The third kappa shape index (κ3) is 4.34. The fraction of sp³-hybridized carbons (Fsp3) is 0.263. The predicted molar refractivity (Wildman–Crippen MR) is 114 cm³/mol. The molecule has 1 fully saturated rings. The molecule has 1 aliphatic heterocycles. The van der Waals surface area contributed by atoms with Crippen LogP contribution in [0.4, 0.5) is 19.0 Å². The van der Waals surface area contributed by atoms with E-state index in [0.29, 0.717) is 17.1 Å². The zero-order valence-corrected chi connectivity index (χ0v) is 17.6. The summed E-state index contributed by atoms with van der Waals surface area (Å²) >= 11 is 2.72. The Morgan fingerprint density at radius 3 is 2.71 bits per heavy atom. The number of aromatic nitrogens is 2. The predicted octanol–water partition coefficient (Wildman–Crippen LogP) is 3.86. The first-order chi connectivity index (χ1) is 14.8. The van der Waals surface area contributed by atoms with E-state index in [1.165, 1.54) is 47.0 Å². The topological polar surface area (TPSA) is 117 Å². The molecule has 1 spiro atoms. The van der Waals surface area contributed by atoms with E-state index in [1.54, 1.807) is 0 Å². The molecule has 2 aliphatic rings. The fourth-order valence-electron chi connectivity index (χ4n) is 3.10.